The standard InChI is InChI=1S/C28H23NO5/c1-4-33-27(31)24(28(32)34-5-2)18-11-12-19-23-22(16-8-6-7-9-17(16)26(19)30)20-14-15(3)10-13-21(20)29-25(18)23/h6-14,24H,4-5H2,1-3H3. The highest BCUT2D eigenvalue weighted by molar-refractivity contribution is 6.29. The van der Waals surface area contributed by atoms with Crippen LogP contribution in [0.25, 0.3) is 32.9 Å². The minimum absolute atomic E-state index is 0.114. The number of aryl methyl sites for hydroxylation is 1. The van der Waals surface area contributed by atoms with Crippen LogP contribution in [-0.2, 0) is 19.1 Å². The number of ketones is 1. The van der Waals surface area contributed by atoms with Crippen molar-refractivity contribution in [1.29, 1.82) is 0 Å². The van der Waals surface area contributed by atoms with Gasteiger partial charge in [0, 0.05) is 33.0 Å². The first-order valence-electron chi connectivity index (χ1n) is 11.3. The van der Waals surface area contributed by atoms with E-state index in [1.807, 2.05) is 49.4 Å². The van der Waals surface area contributed by atoms with Gasteiger partial charge in [0.1, 0.15) is 0 Å². The second-order valence-electron chi connectivity index (χ2n) is 8.25. The van der Waals surface area contributed by atoms with Gasteiger partial charge in [-0.25, -0.2) is 4.98 Å². The van der Waals surface area contributed by atoms with Crippen molar-refractivity contribution in [2.45, 2.75) is 26.7 Å². The summed E-state index contributed by atoms with van der Waals surface area (Å²) in [4.78, 5) is 44.1. The molecule has 0 amide bonds. The SMILES string of the molecule is CCOC(=O)C(C(=O)OCC)c1ccc2c3c(c4cc(C)ccc4nc13)-c1ccccc1C2=O. The fourth-order valence-corrected chi connectivity index (χ4v) is 4.73. The van der Waals surface area contributed by atoms with E-state index in [2.05, 4.69) is 0 Å². The molecule has 0 atom stereocenters. The molecule has 6 nitrogen and oxygen atoms in total. The Hall–Kier alpha value is -4.06. The van der Waals surface area contributed by atoms with Gasteiger partial charge in [-0.05, 0) is 44.5 Å². The van der Waals surface area contributed by atoms with Crippen LogP contribution in [0.5, 0.6) is 0 Å². The zero-order valence-corrected chi connectivity index (χ0v) is 19.2. The Kier molecular flexibility index (Phi) is 5.36. The number of carbonyl (C=O) groups excluding carboxylic acids is 3. The predicted molar refractivity (Wildman–Crippen MR) is 129 cm³/mol. The zero-order valence-electron chi connectivity index (χ0n) is 19.2. The number of benzene rings is 3. The molecule has 0 fully saturated rings. The third-order valence-corrected chi connectivity index (χ3v) is 6.15. The summed E-state index contributed by atoms with van der Waals surface area (Å²) >= 11 is 0. The second-order valence-corrected chi connectivity index (χ2v) is 8.25. The number of pyridine rings is 1. The summed E-state index contributed by atoms with van der Waals surface area (Å²) < 4.78 is 10.4. The lowest BCUT2D eigenvalue weighted by Crippen LogP contribution is -2.27. The highest BCUT2D eigenvalue weighted by Gasteiger charge is 2.36. The van der Waals surface area contributed by atoms with Gasteiger partial charge in [-0.1, -0.05) is 42.0 Å². The quantitative estimate of drug-likeness (QED) is 0.209. The molecule has 0 saturated heterocycles. The molecule has 1 aliphatic rings. The second kappa shape index (κ2) is 8.37. The number of aromatic nitrogens is 1. The monoisotopic (exact) mass is 453 g/mol. The van der Waals surface area contributed by atoms with Crippen LogP contribution in [0.15, 0.2) is 54.6 Å². The average Bonchev–Trinajstić information content (AvgIpc) is 2.83. The number of esters is 2. The third-order valence-electron chi connectivity index (χ3n) is 6.15. The summed E-state index contributed by atoms with van der Waals surface area (Å²) in [7, 11) is 0. The Morgan fingerprint density at radius 3 is 2.24 bits per heavy atom. The van der Waals surface area contributed by atoms with Gasteiger partial charge in [0.05, 0.1) is 24.2 Å². The highest BCUT2D eigenvalue weighted by Crippen LogP contribution is 2.45. The minimum atomic E-state index is -1.30. The maximum Gasteiger partial charge on any atom is 0.324 e. The van der Waals surface area contributed by atoms with E-state index in [1.165, 1.54) is 0 Å². The van der Waals surface area contributed by atoms with Crippen LogP contribution in [-0.4, -0.2) is 35.9 Å². The Balaban J connectivity index is 1.93. The van der Waals surface area contributed by atoms with Crippen molar-refractivity contribution in [3.05, 3.63) is 76.9 Å². The van der Waals surface area contributed by atoms with Crippen molar-refractivity contribution < 1.29 is 23.9 Å². The Morgan fingerprint density at radius 2 is 1.56 bits per heavy atom. The number of rotatable bonds is 5. The summed E-state index contributed by atoms with van der Waals surface area (Å²) in [5.74, 6) is -2.82. The molecular formula is C28H23NO5. The van der Waals surface area contributed by atoms with Crippen molar-refractivity contribution in [3.8, 4) is 11.1 Å². The summed E-state index contributed by atoms with van der Waals surface area (Å²) in [5, 5.41) is 1.55. The first-order chi connectivity index (χ1) is 16.5. The number of hydrogen-bond donors (Lipinski definition) is 0. The van der Waals surface area contributed by atoms with Crippen molar-refractivity contribution in [2.75, 3.05) is 13.2 Å². The van der Waals surface area contributed by atoms with Crippen LogP contribution in [0, 0.1) is 6.92 Å². The van der Waals surface area contributed by atoms with E-state index in [0.717, 1.165) is 22.1 Å². The van der Waals surface area contributed by atoms with E-state index in [4.69, 9.17) is 14.5 Å². The lowest BCUT2D eigenvalue weighted by Gasteiger charge is -2.24. The van der Waals surface area contributed by atoms with Gasteiger partial charge in [0.2, 0.25) is 0 Å². The fraction of sp³-hybridized carbons (Fsp3) is 0.214. The van der Waals surface area contributed by atoms with Crippen molar-refractivity contribution in [1.82, 2.24) is 4.98 Å². The van der Waals surface area contributed by atoms with Gasteiger partial charge in [-0.2, -0.15) is 0 Å². The van der Waals surface area contributed by atoms with E-state index >= 15 is 0 Å². The van der Waals surface area contributed by atoms with E-state index in [-0.39, 0.29) is 19.0 Å². The number of nitrogens with zero attached hydrogens (tertiary/aromatic N) is 1. The van der Waals surface area contributed by atoms with Crippen molar-refractivity contribution >= 4 is 39.5 Å². The van der Waals surface area contributed by atoms with Crippen molar-refractivity contribution in [2.24, 2.45) is 0 Å². The number of fused-ring (bicyclic) bond motifs is 4. The van der Waals surface area contributed by atoms with Gasteiger partial charge in [-0.3, -0.25) is 14.4 Å². The third kappa shape index (κ3) is 3.25. The Bertz CT molecular complexity index is 1490. The predicted octanol–water partition coefficient (Wildman–Crippen LogP) is 5.12. The van der Waals surface area contributed by atoms with Gasteiger partial charge >= 0.3 is 11.9 Å². The largest absolute Gasteiger partial charge is 0.465 e. The summed E-state index contributed by atoms with van der Waals surface area (Å²) in [6.45, 7) is 5.61. The Labute approximate surface area is 196 Å². The van der Waals surface area contributed by atoms with Gasteiger partial charge in [-0.15, -0.1) is 0 Å². The summed E-state index contributed by atoms with van der Waals surface area (Å²) in [6, 6.07) is 16.7. The molecule has 0 aliphatic heterocycles. The smallest absolute Gasteiger partial charge is 0.324 e. The van der Waals surface area contributed by atoms with E-state index in [0.29, 0.717) is 33.1 Å². The molecule has 0 saturated carbocycles. The van der Waals surface area contributed by atoms with Crippen molar-refractivity contribution in [3.63, 3.8) is 0 Å². The summed E-state index contributed by atoms with van der Waals surface area (Å²) in [6.07, 6.45) is 0. The first kappa shape index (κ1) is 21.8. The van der Waals surface area contributed by atoms with Crippen LogP contribution in [0.2, 0.25) is 0 Å². The molecule has 0 spiro atoms. The molecule has 0 bridgehead atoms. The zero-order chi connectivity index (χ0) is 24.0. The van der Waals surface area contributed by atoms with Crippen LogP contribution < -0.4 is 0 Å². The minimum Gasteiger partial charge on any atom is -0.465 e. The first-order valence-corrected chi connectivity index (χ1v) is 11.3. The molecule has 0 unspecified atom stereocenters. The van der Waals surface area contributed by atoms with Gasteiger partial charge < -0.3 is 9.47 Å². The molecule has 3 aromatic carbocycles. The fourth-order valence-electron chi connectivity index (χ4n) is 4.73. The lowest BCUT2D eigenvalue weighted by atomic mass is 9.80. The molecule has 0 radical (unpaired) electrons. The molecule has 0 N–H and O–H groups in total. The topological polar surface area (TPSA) is 82.6 Å². The van der Waals surface area contributed by atoms with Crippen LogP contribution in [0.3, 0.4) is 0 Å². The maximum atomic E-state index is 13.4. The molecule has 5 rings (SSSR count). The average molecular weight is 453 g/mol. The van der Waals surface area contributed by atoms with E-state index < -0.39 is 17.9 Å². The number of ether oxygens (including phenoxy) is 2. The molecule has 1 aromatic heterocycles. The maximum absolute atomic E-state index is 13.4. The normalized spacial score (nSPS) is 12.2. The van der Waals surface area contributed by atoms with Gasteiger partial charge in [0.25, 0.3) is 0 Å². The molecule has 170 valence electrons. The summed E-state index contributed by atoms with van der Waals surface area (Å²) in [5.41, 5.74) is 5.37. The molecule has 1 heterocycles. The molecule has 1 aliphatic carbocycles. The van der Waals surface area contributed by atoms with E-state index in [1.54, 1.807) is 26.0 Å². The number of carbonyl (C=O) groups is 3. The lowest BCUT2D eigenvalue weighted by molar-refractivity contribution is -0.156. The van der Waals surface area contributed by atoms with Crippen LogP contribution in [0.4, 0.5) is 0 Å². The highest BCUT2D eigenvalue weighted by atomic mass is 16.6. The van der Waals surface area contributed by atoms with Gasteiger partial charge in [0.15, 0.2) is 11.7 Å². The molecular weight excluding hydrogens is 430 g/mol. The molecule has 6 heteroatoms. The van der Waals surface area contributed by atoms with E-state index in [9.17, 15) is 14.4 Å². The Morgan fingerprint density at radius 1 is 0.882 bits per heavy atom. The van der Waals surface area contributed by atoms with Crippen LogP contribution in [0.1, 0.15) is 46.8 Å². The molecule has 4 aromatic rings. The van der Waals surface area contributed by atoms with Crippen LogP contribution >= 0.6 is 0 Å². The molecule has 34 heavy (non-hydrogen) atoms. The number of hydrogen-bond acceptors (Lipinski definition) is 6.